The third-order valence-corrected chi connectivity index (χ3v) is 4.11. The van der Waals surface area contributed by atoms with Crippen molar-refractivity contribution in [3.05, 3.63) is 0 Å². The van der Waals surface area contributed by atoms with Crippen molar-refractivity contribution >= 4 is 21.6 Å². The maximum atomic E-state index is 2.27. The molecule has 0 aromatic rings. The van der Waals surface area contributed by atoms with Crippen molar-refractivity contribution in [2.45, 2.75) is 50.0 Å². The zero-order chi connectivity index (χ0) is 7.23. The van der Waals surface area contributed by atoms with Crippen LogP contribution >= 0.6 is 21.6 Å². The standard InChI is InChI=1S/C8H16S2/c1-2-3-4-5-6-7-8-9-10-8/h8H,2-7H2,1H3. The lowest BCUT2D eigenvalue weighted by Gasteiger charge is -1.95. The second kappa shape index (κ2) is 5.36. The van der Waals surface area contributed by atoms with Gasteiger partial charge in [-0.05, 0) is 6.42 Å². The summed E-state index contributed by atoms with van der Waals surface area (Å²) in [6.07, 6.45) is 8.64. The van der Waals surface area contributed by atoms with Gasteiger partial charge in [-0.15, -0.1) is 0 Å². The Morgan fingerprint density at radius 1 is 1.00 bits per heavy atom. The Labute approximate surface area is 71.9 Å². The molecule has 0 nitrogen and oxygen atoms in total. The highest BCUT2D eigenvalue weighted by Crippen LogP contribution is 2.55. The van der Waals surface area contributed by atoms with E-state index < -0.39 is 0 Å². The fourth-order valence-electron chi connectivity index (χ4n) is 1.05. The van der Waals surface area contributed by atoms with Crippen LogP contribution in [0.25, 0.3) is 0 Å². The minimum Gasteiger partial charge on any atom is -0.0777 e. The lowest BCUT2D eigenvalue weighted by molar-refractivity contribution is 0.624. The Hall–Kier alpha value is 0.700. The van der Waals surface area contributed by atoms with Crippen LogP contribution in [0.5, 0.6) is 0 Å². The Bertz CT molecular complexity index is 79.3. The molecule has 1 fully saturated rings. The average Bonchev–Trinajstić information content (AvgIpc) is 2.71. The molecule has 1 rings (SSSR count). The van der Waals surface area contributed by atoms with Gasteiger partial charge in [0.15, 0.2) is 0 Å². The van der Waals surface area contributed by atoms with Crippen molar-refractivity contribution in [3.63, 3.8) is 0 Å². The van der Waals surface area contributed by atoms with Crippen LogP contribution in [0.2, 0.25) is 0 Å². The summed E-state index contributed by atoms with van der Waals surface area (Å²) in [5.74, 6) is 0. The van der Waals surface area contributed by atoms with E-state index in [4.69, 9.17) is 0 Å². The summed E-state index contributed by atoms with van der Waals surface area (Å²) >= 11 is 0. The van der Waals surface area contributed by atoms with E-state index in [9.17, 15) is 0 Å². The van der Waals surface area contributed by atoms with Crippen LogP contribution in [0.15, 0.2) is 0 Å². The molecule has 2 heteroatoms. The molecular weight excluding hydrogens is 160 g/mol. The fraction of sp³-hybridized carbons (Fsp3) is 1.00. The maximum Gasteiger partial charge on any atom is 0.0710 e. The predicted molar refractivity (Wildman–Crippen MR) is 52.3 cm³/mol. The molecule has 1 aliphatic heterocycles. The van der Waals surface area contributed by atoms with Crippen molar-refractivity contribution in [2.75, 3.05) is 0 Å². The molecule has 0 saturated carbocycles. The van der Waals surface area contributed by atoms with Crippen molar-refractivity contribution in [3.8, 4) is 0 Å². The normalized spacial score (nSPS) is 17.7. The van der Waals surface area contributed by atoms with Gasteiger partial charge in [-0.3, -0.25) is 0 Å². The minimum absolute atomic E-state index is 0.988. The van der Waals surface area contributed by atoms with E-state index in [1.165, 1.54) is 38.5 Å². The van der Waals surface area contributed by atoms with E-state index in [0.717, 1.165) is 4.58 Å². The Morgan fingerprint density at radius 2 is 1.70 bits per heavy atom. The summed E-state index contributed by atoms with van der Waals surface area (Å²) in [7, 11) is 4.10. The van der Waals surface area contributed by atoms with E-state index in [0.29, 0.717) is 0 Å². The summed E-state index contributed by atoms with van der Waals surface area (Å²) in [4.78, 5) is 0. The van der Waals surface area contributed by atoms with Gasteiger partial charge in [-0.25, -0.2) is 0 Å². The molecule has 1 heterocycles. The molecule has 0 aliphatic carbocycles. The Morgan fingerprint density at radius 3 is 2.30 bits per heavy atom. The average molecular weight is 176 g/mol. The third kappa shape index (κ3) is 4.51. The molecular formula is C8H16S2. The summed E-state index contributed by atoms with van der Waals surface area (Å²) in [6, 6.07) is 0. The fourth-order valence-corrected chi connectivity index (χ4v) is 2.47. The minimum atomic E-state index is 0.988. The molecule has 0 radical (unpaired) electrons. The topological polar surface area (TPSA) is 0 Å². The Balaban J connectivity index is 1.68. The van der Waals surface area contributed by atoms with Crippen molar-refractivity contribution in [2.24, 2.45) is 0 Å². The van der Waals surface area contributed by atoms with Crippen LogP contribution in [0, 0.1) is 0 Å². The number of rotatable bonds is 6. The van der Waals surface area contributed by atoms with Gasteiger partial charge in [0.25, 0.3) is 0 Å². The van der Waals surface area contributed by atoms with E-state index in [-0.39, 0.29) is 0 Å². The summed E-state index contributed by atoms with van der Waals surface area (Å²) < 4.78 is 0.988. The number of hydrogen-bond acceptors (Lipinski definition) is 2. The highest BCUT2D eigenvalue weighted by molar-refractivity contribution is 8.92. The van der Waals surface area contributed by atoms with E-state index >= 15 is 0 Å². The van der Waals surface area contributed by atoms with Crippen LogP contribution in [0.1, 0.15) is 45.4 Å². The zero-order valence-electron chi connectivity index (χ0n) is 6.64. The third-order valence-electron chi connectivity index (χ3n) is 1.78. The Kier molecular flexibility index (Phi) is 4.72. The van der Waals surface area contributed by atoms with Gasteiger partial charge >= 0.3 is 0 Å². The van der Waals surface area contributed by atoms with Crippen LogP contribution < -0.4 is 0 Å². The SMILES string of the molecule is CCCCCCCC1SS1. The molecule has 1 aliphatic rings. The van der Waals surface area contributed by atoms with Gasteiger partial charge in [-0.2, -0.15) is 0 Å². The molecule has 1 saturated heterocycles. The first kappa shape index (κ1) is 8.79. The smallest absolute Gasteiger partial charge is 0.0710 e. The van der Waals surface area contributed by atoms with Gasteiger partial charge < -0.3 is 0 Å². The molecule has 0 atom stereocenters. The zero-order valence-corrected chi connectivity index (χ0v) is 8.27. The first-order valence-electron chi connectivity index (χ1n) is 4.25. The molecule has 10 heavy (non-hydrogen) atoms. The number of hydrogen-bond donors (Lipinski definition) is 0. The molecule has 0 spiro atoms. The van der Waals surface area contributed by atoms with Gasteiger partial charge in [0, 0.05) is 0 Å². The van der Waals surface area contributed by atoms with Crippen LogP contribution in [0.4, 0.5) is 0 Å². The lowest BCUT2D eigenvalue weighted by Crippen LogP contribution is -1.81. The largest absolute Gasteiger partial charge is 0.0777 e. The second-order valence-electron chi connectivity index (χ2n) is 2.82. The van der Waals surface area contributed by atoms with Gasteiger partial charge in [0.05, 0.1) is 4.58 Å². The van der Waals surface area contributed by atoms with E-state index in [1.807, 2.05) is 21.6 Å². The summed E-state index contributed by atoms with van der Waals surface area (Å²) in [5, 5.41) is 0. The highest BCUT2D eigenvalue weighted by atomic mass is 33.2. The number of unbranched alkanes of at least 4 members (excludes halogenated alkanes) is 4. The maximum absolute atomic E-state index is 2.27. The molecule has 0 bridgehead atoms. The van der Waals surface area contributed by atoms with Gasteiger partial charge in [0.2, 0.25) is 0 Å². The second-order valence-corrected chi connectivity index (χ2v) is 5.80. The molecule has 0 N–H and O–H groups in total. The van der Waals surface area contributed by atoms with Crippen molar-refractivity contribution < 1.29 is 0 Å². The van der Waals surface area contributed by atoms with E-state index in [2.05, 4.69) is 6.92 Å². The highest BCUT2D eigenvalue weighted by Gasteiger charge is 2.22. The summed E-state index contributed by atoms with van der Waals surface area (Å²) in [5.41, 5.74) is 0. The molecule has 0 aromatic carbocycles. The van der Waals surface area contributed by atoms with E-state index in [1.54, 1.807) is 0 Å². The van der Waals surface area contributed by atoms with Gasteiger partial charge in [-0.1, -0.05) is 60.6 Å². The first-order chi connectivity index (χ1) is 4.93. The van der Waals surface area contributed by atoms with Crippen LogP contribution in [0.3, 0.4) is 0 Å². The van der Waals surface area contributed by atoms with Crippen molar-refractivity contribution in [1.82, 2.24) is 0 Å². The van der Waals surface area contributed by atoms with Crippen molar-refractivity contribution in [1.29, 1.82) is 0 Å². The van der Waals surface area contributed by atoms with Gasteiger partial charge in [0.1, 0.15) is 0 Å². The van der Waals surface area contributed by atoms with Crippen LogP contribution in [-0.4, -0.2) is 4.58 Å². The monoisotopic (exact) mass is 176 g/mol. The molecule has 0 aromatic heterocycles. The van der Waals surface area contributed by atoms with Crippen LogP contribution in [-0.2, 0) is 0 Å². The molecule has 60 valence electrons. The first-order valence-corrected chi connectivity index (χ1v) is 6.53. The lowest BCUT2D eigenvalue weighted by atomic mass is 10.1. The quantitative estimate of drug-likeness (QED) is 0.340. The molecule has 0 amide bonds. The molecule has 0 unspecified atom stereocenters. The summed E-state index contributed by atoms with van der Waals surface area (Å²) in [6.45, 7) is 2.27. The predicted octanol–water partition coefficient (Wildman–Crippen LogP) is 4.07.